The van der Waals surface area contributed by atoms with Crippen molar-refractivity contribution in [2.45, 2.75) is 19.9 Å². The first-order valence-corrected chi connectivity index (χ1v) is 6.29. The van der Waals surface area contributed by atoms with Crippen LogP contribution in [0.5, 0.6) is 0 Å². The lowest BCUT2D eigenvalue weighted by molar-refractivity contribution is 0.199. The second-order valence-electron chi connectivity index (χ2n) is 4.64. The maximum atomic E-state index is 4.99. The quantitative estimate of drug-likeness (QED) is 0.688. The van der Waals surface area contributed by atoms with Gasteiger partial charge in [0.1, 0.15) is 5.82 Å². The number of ether oxygens (including phenoxy) is 1. The van der Waals surface area contributed by atoms with E-state index in [1.54, 1.807) is 7.11 Å². The van der Waals surface area contributed by atoms with Gasteiger partial charge in [-0.3, -0.25) is 0 Å². The van der Waals surface area contributed by atoms with Crippen molar-refractivity contribution in [1.29, 1.82) is 0 Å². The van der Waals surface area contributed by atoms with Crippen LogP contribution < -0.4 is 5.32 Å². The Hall–Kier alpha value is -1.04. The van der Waals surface area contributed by atoms with Gasteiger partial charge in [-0.2, -0.15) is 0 Å². The number of methoxy groups -OCH3 is 1. The minimum atomic E-state index is 0.720. The van der Waals surface area contributed by atoms with Crippen molar-refractivity contribution >= 4 is 0 Å². The van der Waals surface area contributed by atoms with E-state index in [1.807, 2.05) is 13.0 Å². The first kappa shape index (κ1) is 15.0. The molecule has 18 heavy (non-hydrogen) atoms. The molecular formula is C13H24N4O. The smallest absolute Gasteiger partial charge is 0.130 e. The van der Waals surface area contributed by atoms with Crippen molar-refractivity contribution in [1.82, 2.24) is 20.2 Å². The number of hydrogen-bond acceptors (Lipinski definition) is 5. The Balaban J connectivity index is 2.51. The lowest BCUT2D eigenvalue weighted by Crippen LogP contribution is -2.21. The topological polar surface area (TPSA) is 50.3 Å². The number of hydrogen-bond donors (Lipinski definition) is 1. The summed E-state index contributed by atoms with van der Waals surface area (Å²) >= 11 is 0. The molecule has 0 atom stereocenters. The molecule has 0 aliphatic carbocycles. The molecule has 1 rings (SSSR count). The summed E-state index contributed by atoms with van der Waals surface area (Å²) in [5.41, 5.74) is 2.08. The third kappa shape index (κ3) is 6.05. The van der Waals surface area contributed by atoms with Crippen LogP contribution in [0.2, 0.25) is 0 Å². The maximum absolute atomic E-state index is 4.99. The molecule has 0 aliphatic rings. The first-order chi connectivity index (χ1) is 8.61. The van der Waals surface area contributed by atoms with Crippen molar-refractivity contribution in [3.63, 3.8) is 0 Å². The predicted octanol–water partition coefficient (Wildman–Crippen LogP) is 0.625. The minimum Gasteiger partial charge on any atom is -0.383 e. The highest BCUT2D eigenvalue weighted by molar-refractivity contribution is 5.10. The van der Waals surface area contributed by atoms with Crippen LogP contribution in [0.3, 0.4) is 0 Å². The number of aryl methyl sites for hydroxylation is 1. The molecule has 0 unspecified atom stereocenters. The van der Waals surface area contributed by atoms with Crippen molar-refractivity contribution in [2.24, 2.45) is 0 Å². The zero-order valence-electron chi connectivity index (χ0n) is 11.9. The molecule has 102 valence electrons. The lowest BCUT2D eigenvalue weighted by atomic mass is 10.3. The Morgan fingerprint density at radius 1 is 1.33 bits per heavy atom. The van der Waals surface area contributed by atoms with Crippen molar-refractivity contribution in [3.05, 3.63) is 23.3 Å². The van der Waals surface area contributed by atoms with Crippen molar-refractivity contribution < 1.29 is 4.74 Å². The van der Waals surface area contributed by atoms with Crippen LogP contribution in [0.15, 0.2) is 6.07 Å². The highest BCUT2D eigenvalue weighted by Crippen LogP contribution is 2.02. The molecule has 1 heterocycles. The summed E-state index contributed by atoms with van der Waals surface area (Å²) in [6.07, 6.45) is 0.889. The number of likely N-dealkylation sites (N-methyl/N-ethyl adjacent to an activating group) is 1. The molecule has 0 radical (unpaired) electrons. The van der Waals surface area contributed by atoms with E-state index in [1.165, 1.54) is 0 Å². The number of nitrogens with one attached hydrogen (secondary N) is 1. The van der Waals surface area contributed by atoms with Gasteiger partial charge in [0.25, 0.3) is 0 Å². The van der Waals surface area contributed by atoms with Gasteiger partial charge in [-0.25, -0.2) is 9.97 Å². The molecule has 1 aromatic heterocycles. The van der Waals surface area contributed by atoms with Gasteiger partial charge in [0.15, 0.2) is 0 Å². The van der Waals surface area contributed by atoms with Crippen LogP contribution in [-0.4, -0.2) is 55.8 Å². The zero-order valence-corrected chi connectivity index (χ0v) is 11.9. The Labute approximate surface area is 110 Å². The summed E-state index contributed by atoms with van der Waals surface area (Å²) in [5.74, 6) is 0.923. The standard InChI is InChI=1S/C13H24N4O/c1-11-9-12(10-14-6-8-18-4)16-13(15-11)5-7-17(2)3/h9,14H,5-8,10H2,1-4H3. The Bertz CT molecular complexity index is 355. The SMILES string of the molecule is COCCNCc1cc(C)nc(CCN(C)C)n1. The second kappa shape index (κ2) is 8.13. The summed E-state index contributed by atoms with van der Waals surface area (Å²) in [6.45, 7) is 5.31. The van der Waals surface area contributed by atoms with E-state index in [9.17, 15) is 0 Å². The fourth-order valence-electron chi connectivity index (χ4n) is 1.62. The van der Waals surface area contributed by atoms with E-state index in [0.29, 0.717) is 0 Å². The highest BCUT2D eigenvalue weighted by Gasteiger charge is 2.03. The molecule has 0 aromatic carbocycles. The van der Waals surface area contributed by atoms with Crippen molar-refractivity contribution in [2.75, 3.05) is 40.9 Å². The largest absolute Gasteiger partial charge is 0.383 e. The molecule has 1 N–H and O–H groups in total. The first-order valence-electron chi connectivity index (χ1n) is 6.29. The lowest BCUT2D eigenvalue weighted by Gasteiger charge is -2.10. The van der Waals surface area contributed by atoms with Crippen LogP contribution >= 0.6 is 0 Å². The monoisotopic (exact) mass is 252 g/mol. The van der Waals surface area contributed by atoms with Gasteiger partial charge < -0.3 is 15.0 Å². The predicted molar refractivity (Wildman–Crippen MR) is 72.6 cm³/mol. The Kier molecular flexibility index (Phi) is 6.78. The molecule has 0 spiro atoms. The highest BCUT2D eigenvalue weighted by atomic mass is 16.5. The molecule has 0 aliphatic heterocycles. The van der Waals surface area contributed by atoms with E-state index >= 15 is 0 Å². The van der Waals surface area contributed by atoms with Gasteiger partial charge in [-0.1, -0.05) is 0 Å². The number of nitrogens with zero attached hydrogens (tertiary/aromatic N) is 3. The van der Waals surface area contributed by atoms with E-state index in [-0.39, 0.29) is 0 Å². The van der Waals surface area contributed by atoms with E-state index < -0.39 is 0 Å². The minimum absolute atomic E-state index is 0.720. The summed E-state index contributed by atoms with van der Waals surface area (Å²) in [6, 6.07) is 2.03. The fourth-order valence-corrected chi connectivity index (χ4v) is 1.62. The summed E-state index contributed by atoms with van der Waals surface area (Å²) in [4.78, 5) is 11.2. The molecular weight excluding hydrogens is 228 g/mol. The van der Waals surface area contributed by atoms with E-state index in [4.69, 9.17) is 4.74 Å². The van der Waals surface area contributed by atoms with Gasteiger partial charge in [0, 0.05) is 38.9 Å². The third-order valence-corrected chi connectivity index (χ3v) is 2.53. The summed E-state index contributed by atoms with van der Waals surface area (Å²) in [5, 5.41) is 3.30. The van der Waals surface area contributed by atoms with Crippen LogP contribution in [0, 0.1) is 6.92 Å². The van der Waals surface area contributed by atoms with Crippen LogP contribution in [0.1, 0.15) is 17.2 Å². The van der Waals surface area contributed by atoms with Gasteiger partial charge in [0.05, 0.1) is 12.3 Å². The molecule has 5 nitrogen and oxygen atoms in total. The van der Waals surface area contributed by atoms with Gasteiger partial charge in [0.2, 0.25) is 0 Å². The van der Waals surface area contributed by atoms with E-state index in [2.05, 4.69) is 34.3 Å². The molecule has 0 saturated carbocycles. The molecule has 0 bridgehead atoms. The van der Waals surface area contributed by atoms with Crippen LogP contribution in [0.25, 0.3) is 0 Å². The number of aromatic nitrogens is 2. The van der Waals surface area contributed by atoms with E-state index in [0.717, 1.165) is 49.9 Å². The molecule has 0 fully saturated rings. The molecule has 1 aromatic rings. The average Bonchev–Trinajstić information content (AvgIpc) is 2.32. The summed E-state index contributed by atoms with van der Waals surface area (Å²) in [7, 11) is 5.82. The average molecular weight is 252 g/mol. The van der Waals surface area contributed by atoms with Crippen LogP contribution in [-0.2, 0) is 17.7 Å². The molecule has 0 amide bonds. The van der Waals surface area contributed by atoms with Gasteiger partial charge in [-0.15, -0.1) is 0 Å². The Morgan fingerprint density at radius 3 is 2.78 bits per heavy atom. The van der Waals surface area contributed by atoms with Crippen molar-refractivity contribution in [3.8, 4) is 0 Å². The van der Waals surface area contributed by atoms with Gasteiger partial charge in [-0.05, 0) is 27.1 Å². The molecule has 0 saturated heterocycles. The third-order valence-electron chi connectivity index (χ3n) is 2.53. The maximum Gasteiger partial charge on any atom is 0.130 e. The zero-order chi connectivity index (χ0) is 13.4. The second-order valence-corrected chi connectivity index (χ2v) is 4.64. The van der Waals surface area contributed by atoms with Gasteiger partial charge >= 0.3 is 0 Å². The summed E-state index contributed by atoms with van der Waals surface area (Å²) < 4.78 is 4.99. The number of rotatable bonds is 8. The fraction of sp³-hybridized carbons (Fsp3) is 0.692. The normalized spacial score (nSPS) is 11.2. The van der Waals surface area contributed by atoms with Crippen LogP contribution in [0.4, 0.5) is 0 Å². The molecule has 5 heteroatoms. The Morgan fingerprint density at radius 2 is 2.11 bits per heavy atom.